The second-order valence-electron chi connectivity index (χ2n) is 3.68. The van der Waals surface area contributed by atoms with E-state index >= 15 is 0 Å². The molecule has 0 spiro atoms. The SMILES string of the molecule is C/C=C/[CH](C)[Ge]([CH3])([CH3])[CH3]. The van der Waals surface area contributed by atoms with Gasteiger partial charge in [0.1, 0.15) is 0 Å². The average molecular weight is 187 g/mol. The first-order chi connectivity index (χ1) is 3.98. The minimum atomic E-state index is -1.32. The van der Waals surface area contributed by atoms with Crippen LogP contribution in [-0.2, 0) is 0 Å². The molecule has 0 saturated carbocycles. The number of hydrogen-bond acceptors (Lipinski definition) is 0. The number of hydrogen-bond donors (Lipinski definition) is 0. The Bertz CT molecular complexity index is 97.6. The zero-order valence-corrected chi connectivity index (χ0v) is 9.33. The third-order valence-corrected chi connectivity index (χ3v) is 7.98. The summed E-state index contributed by atoms with van der Waals surface area (Å²) >= 11 is -1.32. The van der Waals surface area contributed by atoms with E-state index in [-0.39, 0.29) is 0 Å². The van der Waals surface area contributed by atoms with E-state index in [1.54, 1.807) is 0 Å². The molecule has 0 fully saturated rings. The molecule has 0 amide bonds. The molecule has 0 saturated heterocycles. The average Bonchev–Trinajstić information content (AvgIpc) is 1.64. The van der Waals surface area contributed by atoms with Gasteiger partial charge in [-0.05, 0) is 0 Å². The van der Waals surface area contributed by atoms with E-state index in [1.807, 2.05) is 0 Å². The third kappa shape index (κ3) is 3.79. The van der Waals surface area contributed by atoms with Gasteiger partial charge in [0.2, 0.25) is 0 Å². The molecular weight excluding hydrogens is 169 g/mol. The molecule has 54 valence electrons. The molecule has 0 bridgehead atoms. The van der Waals surface area contributed by atoms with Crippen molar-refractivity contribution in [3.63, 3.8) is 0 Å². The summed E-state index contributed by atoms with van der Waals surface area (Å²) in [4.78, 5) is 0. The van der Waals surface area contributed by atoms with Gasteiger partial charge >= 0.3 is 61.3 Å². The van der Waals surface area contributed by atoms with Crippen LogP contribution in [0.4, 0.5) is 0 Å². The predicted octanol–water partition coefficient (Wildman–Crippen LogP) is 3.29. The summed E-state index contributed by atoms with van der Waals surface area (Å²) in [5.41, 5.74) is 0. The Labute approximate surface area is 61.7 Å². The normalized spacial score (nSPS) is 16.6. The van der Waals surface area contributed by atoms with Gasteiger partial charge in [-0.25, -0.2) is 0 Å². The molecule has 0 aromatic carbocycles. The molecule has 1 unspecified atom stereocenters. The first-order valence-electron chi connectivity index (χ1n) is 3.61. The Morgan fingerprint density at radius 1 is 1.22 bits per heavy atom. The molecule has 1 heteroatoms. The monoisotopic (exact) mass is 188 g/mol. The second-order valence-corrected chi connectivity index (χ2v) is 15.5. The first kappa shape index (κ1) is 9.28. The van der Waals surface area contributed by atoms with E-state index < -0.39 is 13.3 Å². The van der Waals surface area contributed by atoms with Gasteiger partial charge in [-0.1, -0.05) is 0 Å². The van der Waals surface area contributed by atoms with Crippen molar-refractivity contribution in [3.05, 3.63) is 12.2 Å². The molecule has 0 heterocycles. The molecule has 0 N–H and O–H groups in total. The summed E-state index contributed by atoms with van der Waals surface area (Å²) < 4.78 is 0.870. The van der Waals surface area contributed by atoms with E-state index in [0.29, 0.717) is 0 Å². The van der Waals surface area contributed by atoms with Crippen LogP contribution < -0.4 is 0 Å². The zero-order valence-electron chi connectivity index (χ0n) is 7.23. The maximum atomic E-state index is 2.45. The zero-order chi connectivity index (χ0) is 7.49. The third-order valence-electron chi connectivity index (χ3n) is 1.85. The number of allylic oxidation sites excluding steroid dienone is 2. The molecular formula is C8H18Ge. The van der Waals surface area contributed by atoms with Crippen LogP contribution in [-0.4, -0.2) is 13.3 Å². The van der Waals surface area contributed by atoms with Crippen LogP contribution in [0.15, 0.2) is 12.2 Å². The number of rotatable bonds is 2. The molecule has 0 rings (SSSR count). The van der Waals surface area contributed by atoms with Gasteiger partial charge in [-0.2, -0.15) is 0 Å². The fourth-order valence-electron chi connectivity index (χ4n) is 0.577. The standard InChI is InChI=1S/C8H18Ge/c1-6-7-8(2)9(3,4)5/h6-8H,1-5H3/b7-6+. The van der Waals surface area contributed by atoms with Crippen LogP contribution in [0, 0.1) is 0 Å². The fourth-order valence-corrected chi connectivity index (χ4v) is 2.19. The predicted molar refractivity (Wildman–Crippen MR) is 47.6 cm³/mol. The van der Waals surface area contributed by atoms with Crippen LogP contribution in [0.3, 0.4) is 0 Å². The van der Waals surface area contributed by atoms with Gasteiger partial charge in [-0.3, -0.25) is 0 Å². The maximum absolute atomic E-state index is 2.45. The quantitative estimate of drug-likeness (QED) is 0.459. The van der Waals surface area contributed by atoms with Gasteiger partial charge in [0.25, 0.3) is 0 Å². The van der Waals surface area contributed by atoms with Crippen LogP contribution in [0.25, 0.3) is 0 Å². The van der Waals surface area contributed by atoms with Crippen molar-refractivity contribution in [1.29, 1.82) is 0 Å². The van der Waals surface area contributed by atoms with Crippen molar-refractivity contribution in [2.24, 2.45) is 0 Å². The first-order valence-corrected chi connectivity index (χ1v) is 11.1. The van der Waals surface area contributed by atoms with Crippen LogP contribution in [0.2, 0.25) is 22.0 Å². The van der Waals surface area contributed by atoms with E-state index in [1.165, 1.54) is 0 Å². The van der Waals surface area contributed by atoms with E-state index in [0.717, 1.165) is 4.75 Å². The Kier molecular flexibility index (Phi) is 3.56. The summed E-state index contributed by atoms with van der Waals surface area (Å²) in [6.45, 7) is 4.44. The van der Waals surface area contributed by atoms with E-state index in [4.69, 9.17) is 0 Å². The van der Waals surface area contributed by atoms with Crippen LogP contribution in [0.5, 0.6) is 0 Å². The van der Waals surface area contributed by atoms with E-state index in [2.05, 4.69) is 43.3 Å². The molecule has 0 aliphatic carbocycles. The Balaban J connectivity index is 3.88. The molecule has 0 aromatic rings. The van der Waals surface area contributed by atoms with Gasteiger partial charge in [0.15, 0.2) is 0 Å². The van der Waals surface area contributed by atoms with Gasteiger partial charge in [0, 0.05) is 0 Å². The molecule has 0 radical (unpaired) electrons. The summed E-state index contributed by atoms with van der Waals surface area (Å²) in [6, 6.07) is 0. The summed E-state index contributed by atoms with van der Waals surface area (Å²) in [5.74, 6) is 7.35. The van der Waals surface area contributed by atoms with Crippen LogP contribution in [0.1, 0.15) is 13.8 Å². The topological polar surface area (TPSA) is 0 Å². The molecule has 1 atom stereocenters. The van der Waals surface area contributed by atoms with Crippen molar-refractivity contribution in [1.82, 2.24) is 0 Å². The van der Waals surface area contributed by atoms with E-state index in [9.17, 15) is 0 Å². The van der Waals surface area contributed by atoms with Gasteiger partial charge < -0.3 is 0 Å². The Morgan fingerprint density at radius 2 is 1.67 bits per heavy atom. The second kappa shape index (κ2) is 3.45. The molecule has 0 aliphatic heterocycles. The molecule has 0 nitrogen and oxygen atoms in total. The van der Waals surface area contributed by atoms with Crippen molar-refractivity contribution < 1.29 is 0 Å². The summed E-state index contributed by atoms with van der Waals surface area (Å²) in [6.07, 6.45) is 4.50. The van der Waals surface area contributed by atoms with Crippen LogP contribution >= 0.6 is 0 Å². The minimum absolute atomic E-state index is 0.870. The van der Waals surface area contributed by atoms with Crippen molar-refractivity contribution in [2.75, 3.05) is 0 Å². The molecule has 9 heavy (non-hydrogen) atoms. The molecule has 0 aromatic heterocycles. The molecule has 0 aliphatic rings. The summed E-state index contributed by atoms with van der Waals surface area (Å²) in [5, 5.41) is 0. The Hall–Kier alpha value is 0.283. The van der Waals surface area contributed by atoms with Gasteiger partial charge in [-0.15, -0.1) is 0 Å². The fraction of sp³-hybridized carbons (Fsp3) is 0.750. The van der Waals surface area contributed by atoms with Crippen molar-refractivity contribution >= 4 is 13.3 Å². The van der Waals surface area contributed by atoms with Crippen molar-refractivity contribution in [3.8, 4) is 0 Å². The Morgan fingerprint density at radius 3 is 1.78 bits per heavy atom. The summed E-state index contributed by atoms with van der Waals surface area (Å²) in [7, 11) is 0. The van der Waals surface area contributed by atoms with Crippen molar-refractivity contribution in [2.45, 2.75) is 35.9 Å². The van der Waals surface area contributed by atoms with Gasteiger partial charge in [0.05, 0.1) is 0 Å².